The summed E-state index contributed by atoms with van der Waals surface area (Å²) >= 11 is 0. The average Bonchev–Trinajstić information content (AvgIpc) is 3.63. The molecule has 9 aromatic carbocycles. The molecular formula is C54H38N2. The fourth-order valence-electron chi connectivity index (χ4n) is 8.23. The lowest BCUT2D eigenvalue weighted by Crippen LogP contribution is -2.11. The van der Waals surface area contributed by atoms with E-state index in [4.69, 9.17) is 0 Å². The second-order valence-corrected chi connectivity index (χ2v) is 14.1. The highest BCUT2D eigenvalue weighted by atomic mass is 15.2. The zero-order valence-corrected chi connectivity index (χ0v) is 30.8. The van der Waals surface area contributed by atoms with E-state index in [1.165, 1.54) is 55.2 Å². The van der Waals surface area contributed by atoms with E-state index in [9.17, 15) is 0 Å². The first kappa shape index (κ1) is 33.2. The first-order valence-corrected chi connectivity index (χ1v) is 19.2. The topological polar surface area (TPSA) is 8.17 Å². The van der Waals surface area contributed by atoms with Gasteiger partial charge in [-0.25, -0.2) is 0 Å². The number of benzene rings is 9. The van der Waals surface area contributed by atoms with Gasteiger partial charge in [0, 0.05) is 27.6 Å². The summed E-state index contributed by atoms with van der Waals surface area (Å²) in [4.78, 5) is 2.46. The van der Waals surface area contributed by atoms with Crippen LogP contribution >= 0.6 is 0 Å². The van der Waals surface area contributed by atoms with E-state index in [1.807, 2.05) is 0 Å². The number of fused-ring (bicyclic) bond motifs is 3. The van der Waals surface area contributed by atoms with Gasteiger partial charge in [-0.2, -0.15) is 0 Å². The highest BCUT2D eigenvalue weighted by Crippen LogP contribution is 2.47. The molecule has 0 N–H and O–H groups in total. The molecule has 0 unspecified atom stereocenters. The number of rotatable bonds is 8. The van der Waals surface area contributed by atoms with E-state index in [0.717, 1.165) is 33.8 Å². The Balaban J connectivity index is 1.23. The molecule has 2 heteroatoms. The predicted octanol–water partition coefficient (Wildman–Crippen LogP) is 14.9. The quantitative estimate of drug-likeness (QED) is 0.152. The molecule has 264 valence electrons. The van der Waals surface area contributed by atoms with Crippen LogP contribution in [0.1, 0.15) is 0 Å². The van der Waals surface area contributed by atoms with Gasteiger partial charge in [-0.1, -0.05) is 182 Å². The van der Waals surface area contributed by atoms with Gasteiger partial charge < -0.3 is 9.47 Å². The first-order chi connectivity index (χ1) is 27.8. The lowest BCUT2D eigenvalue weighted by Gasteiger charge is -2.29. The molecule has 0 aliphatic rings. The molecule has 0 aliphatic carbocycles. The number of hydrogen-bond acceptors (Lipinski definition) is 1. The van der Waals surface area contributed by atoms with Crippen molar-refractivity contribution in [3.63, 3.8) is 0 Å². The van der Waals surface area contributed by atoms with Crippen LogP contribution in [0.2, 0.25) is 0 Å². The number of hydrogen-bond donors (Lipinski definition) is 0. The number of aromatic nitrogens is 1. The van der Waals surface area contributed by atoms with Gasteiger partial charge in [0.15, 0.2) is 0 Å². The normalized spacial score (nSPS) is 11.2. The number of nitrogens with zero attached hydrogens (tertiary/aromatic N) is 2. The molecule has 2 nitrogen and oxygen atoms in total. The van der Waals surface area contributed by atoms with Crippen LogP contribution < -0.4 is 4.90 Å². The Kier molecular flexibility index (Phi) is 8.55. The van der Waals surface area contributed by atoms with Crippen molar-refractivity contribution in [3.8, 4) is 50.2 Å². The number of para-hydroxylation sites is 3. The molecule has 56 heavy (non-hydrogen) atoms. The van der Waals surface area contributed by atoms with Crippen molar-refractivity contribution in [1.82, 2.24) is 4.57 Å². The molecule has 0 radical (unpaired) electrons. The molecule has 1 aromatic heterocycles. The predicted molar refractivity (Wildman–Crippen MR) is 237 cm³/mol. The number of anilines is 3. The van der Waals surface area contributed by atoms with E-state index in [-0.39, 0.29) is 0 Å². The Morgan fingerprint density at radius 3 is 1.55 bits per heavy atom. The summed E-state index contributed by atoms with van der Waals surface area (Å²) in [7, 11) is 0. The van der Waals surface area contributed by atoms with E-state index in [0.29, 0.717) is 0 Å². The minimum atomic E-state index is 1.09. The van der Waals surface area contributed by atoms with Crippen LogP contribution in [0.3, 0.4) is 0 Å². The summed E-state index contributed by atoms with van der Waals surface area (Å²) in [6, 6.07) is 83.1. The highest BCUT2D eigenvalue weighted by molar-refractivity contribution is 6.17. The maximum absolute atomic E-state index is 2.46. The molecule has 10 aromatic rings. The Morgan fingerprint density at radius 1 is 0.304 bits per heavy atom. The van der Waals surface area contributed by atoms with Gasteiger partial charge in [0.25, 0.3) is 0 Å². The fraction of sp³-hybridized carbons (Fsp3) is 0. The third-order valence-corrected chi connectivity index (χ3v) is 10.8. The summed E-state index contributed by atoms with van der Waals surface area (Å²) in [6.07, 6.45) is 0. The monoisotopic (exact) mass is 714 g/mol. The molecule has 0 atom stereocenters. The Morgan fingerprint density at radius 2 is 0.804 bits per heavy atom. The van der Waals surface area contributed by atoms with Gasteiger partial charge in [0.2, 0.25) is 0 Å². The third-order valence-electron chi connectivity index (χ3n) is 10.8. The van der Waals surface area contributed by atoms with Gasteiger partial charge in [0.1, 0.15) is 0 Å². The lowest BCUT2D eigenvalue weighted by atomic mass is 9.96. The maximum atomic E-state index is 2.46. The average molecular weight is 715 g/mol. The summed E-state index contributed by atoms with van der Waals surface area (Å²) < 4.78 is 2.45. The largest absolute Gasteiger partial charge is 0.309 e. The van der Waals surface area contributed by atoms with Crippen molar-refractivity contribution < 1.29 is 0 Å². The second kappa shape index (κ2) is 14.4. The maximum Gasteiger partial charge on any atom is 0.0562 e. The Hall–Kier alpha value is -7.42. The highest BCUT2D eigenvalue weighted by Gasteiger charge is 2.24. The summed E-state index contributed by atoms with van der Waals surface area (Å²) in [6.45, 7) is 0. The molecule has 0 amide bonds. The summed E-state index contributed by atoms with van der Waals surface area (Å²) in [5.74, 6) is 0. The van der Waals surface area contributed by atoms with Gasteiger partial charge in [0.05, 0.1) is 28.1 Å². The van der Waals surface area contributed by atoms with Crippen molar-refractivity contribution in [3.05, 3.63) is 231 Å². The minimum absolute atomic E-state index is 1.09. The van der Waals surface area contributed by atoms with Gasteiger partial charge in [-0.3, -0.25) is 0 Å². The molecule has 0 fully saturated rings. The Bertz CT molecular complexity index is 2940. The standard InChI is InChI=1S/C54H38N2/c1-4-18-39(19-5-1)41-34-36-45(37-35-41)55(49-29-13-11-27-47(49)44-25-16-24-43(38-44)40-20-6-2-7-21-40)52-32-17-33-53-54(52)48-28-12-15-31-51(48)56(53)50-30-14-10-26-46(50)42-22-8-3-9-23-42/h1-38H. The molecule has 0 spiro atoms. The molecule has 0 bridgehead atoms. The van der Waals surface area contributed by atoms with Crippen LogP contribution in [0, 0.1) is 0 Å². The van der Waals surface area contributed by atoms with Crippen LogP contribution in [0.25, 0.3) is 72.0 Å². The first-order valence-electron chi connectivity index (χ1n) is 19.2. The SMILES string of the molecule is c1ccc(-c2ccc(N(c3ccccc3-c3cccc(-c4ccccc4)c3)c3cccc4c3c3ccccc3n4-c3ccccc3-c3ccccc3)cc2)cc1. The molecular weight excluding hydrogens is 677 g/mol. The summed E-state index contributed by atoms with van der Waals surface area (Å²) in [5.41, 5.74) is 16.3. The van der Waals surface area contributed by atoms with Gasteiger partial charge in [-0.15, -0.1) is 0 Å². The van der Waals surface area contributed by atoms with Crippen LogP contribution in [0.5, 0.6) is 0 Å². The van der Waals surface area contributed by atoms with Crippen LogP contribution in [-0.4, -0.2) is 4.57 Å². The van der Waals surface area contributed by atoms with Crippen molar-refractivity contribution in [2.24, 2.45) is 0 Å². The van der Waals surface area contributed by atoms with Crippen LogP contribution in [0.15, 0.2) is 231 Å². The van der Waals surface area contributed by atoms with Crippen molar-refractivity contribution in [2.75, 3.05) is 4.90 Å². The third kappa shape index (κ3) is 5.95. The molecule has 0 saturated heterocycles. The van der Waals surface area contributed by atoms with Crippen molar-refractivity contribution >= 4 is 38.9 Å². The van der Waals surface area contributed by atoms with Crippen molar-refractivity contribution in [1.29, 1.82) is 0 Å². The molecule has 0 saturated carbocycles. The van der Waals surface area contributed by atoms with Crippen molar-refractivity contribution in [2.45, 2.75) is 0 Å². The zero-order valence-electron chi connectivity index (χ0n) is 30.8. The molecule has 10 rings (SSSR count). The zero-order chi connectivity index (χ0) is 37.3. The second-order valence-electron chi connectivity index (χ2n) is 14.1. The smallest absolute Gasteiger partial charge is 0.0562 e. The van der Waals surface area contributed by atoms with E-state index in [2.05, 4.69) is 240 Å². The molecule has 1 heterocycles. The minimum Gasteiger partial charge on any atom is -0.309 e. The summed E-state index contributed by atoms with van der Waals surface area (Å²) in [5, 5.41) is 2.40. The van der Waals surface area contributed by atoms with E-state index >= 15 is 0 Å². The fourth-order valence-corrected chi connectivity index (χ4v) is 8.23. The lowest BCUT2D eigenvalue weighted by molar-refractivity contribution is 1.18. The van der Waals surface area contributed by atoms with Gasteiger partial charge >= 0.3 is 0 Å². The van der Waals surface area contributed by atoms with E-state index < -0.39 is 0 Å². The van der Waals surface area contributed by atoms with E-state index in [1.54, 1.807) is 0 Å². The molecule has 0 aliphatic heterocycles. The van der Waals surface area contributed by atoms with Crippen LogP contribution in [-0.2, 0) is 0 Å². The van der Waals surface area contributed by atoms with Gasteiger partial charge in [-0.05, 0) is 81.9 Å². The van der Waals surface area contributed by atoms with Crippen LogP contribution in [0.4, 0.5) is 17.1 Å². The Labute approximate surface area is 327 Å².